The third kappa shape index (κ3) is 4.28. The fourth-order valence-corrected chi connectivity index (χ4v) is 3.43. The number of hydrogen-bond acceptors (Lipinski definition) is 4. The Kier molecular flexibility index (Phi) is 5.49. The molecule has 20 heavy (non-hydrogen) atoms. The summed E-state index contributed by atoms with van der Waals surface area (Å²) in [5, 5.41) is 14.6. The summed E-state index contributed by atoms with van der Waals surface area (Å²) >= 11 is 3.54. The van der Waals surface area contributed by atoms with Crippen LogP contribution in [0.1, 0.15) is 20.8 Å². The van der Waals surface area contributed by atoms with E-state index in [-0.39, 0.29) is 11.7 Å². The van der Waals surface area contributed by atoms with Crippen LogP contribution >= 0.6 is 23.1 Å². The first kappa shape index (κ1) is 14.9. The van der Waals surface area contributed by atoms with Crippen molar-refractivity contribution in [2.45, 2.75) is 12.7 Å². The Morgan fingerprint density at radius 2 is 2.25 bits per heavy atom. The van der Waals surface area contributed by atoms with Gasteiger partial charge in [-0.25, -0.2) is 0 Å². The highest BCUT2D eigenvalue weighted by Gasteiger charge is 2.10. The Hall–Kier alpha value is -1.46. The van der Waals surface area contributed by atoms with E-state index in [0.717, 1.165) is 17.1 Å². The fraction of sp³-hybridized carbons (Fsp3) is 0.267. The monoisotopic (exact) mass is 307 g/mol. The van der Waals surface area contributed by atoms with Crippen molar-refractivity contribution in [3.8, 4) is 5.75 Å². The van der Waals surface area contributed by atoms with Crippen molar-refractivity contribution >= 4 is 29.0 Å². The average molecular weight is 307 g/mol. The van der Waals surface area contributed by atoms with Crippen LogP contribution in [0.3, 0.4) is 0 Å². The number of thiophene rings is 1. The molecule has 0 spiro atoms. The number of amides is 1. The summed E-state index contributed by atoms with van der Waals surface area (Å²) in [5.74, 6) is 1.64. The van der Waals surface area contributed by atoms with Gasteiger partial charge in [0, 0.05) is 22.9 Å². The van der Waals surface area contributed by atoms with E-state index < -0.39 is 0 Å². The minimum Gasteiger partial charge on any atom is -0.507 e. The molecule has 1 aromatic heterocycles. The van der Waals surface area contributed by atoms with Crippen LogP contribution < -0.4 is 5.32 Å². The molecule has 0 aliphatic heterocycles. The number of carbonyl (C=O) groups is 1. The molecule has 0 aliphatic carbocycles. The maximum absolute atomic E-state index is 11.9. The van der Waals surface area contributed by atoms with Crippen LogP contribution in [0, 0.1) is 6.92 Å². The molecule has 1 amide bonds. The number of benzene rings is 1. The molecule has 0 saturated heterocycles. The van der Waals surface area contributed by atoms with E-state index in [0.29, 0.717) is 12.1 Å². The average Bonchev–Trinajstić information content (AvgIpc) is 2.94. The molecule has 2 aromatic rings. The third-order valence-electron chi connectivity index (χ3n) is 2.75. The molecule has 0 bridgehead atoms. The number of rotatable bonds is 6. The van der Waals surface area contributed by atoms with E-state index in [4.69, 9.17) is 0 Å². The van der Waals surface area contributed by atoms with Crippen molar-refractivity contribution in [2.24, 2.45) is 0 Å². The minimum absolute atomic E-state index is 0.0272. The van der Waals surface area contributed by atoms with Crippen LogP contribution in [0.2, 0.25) is 0 Å². The highest BCUT2D eigenvalue weighted by molar-refractivity contribution is 7.98. The van der Waals surface area contributed by atoms with Gasteiger partial charge in [-0.15, -0.1) is 11.3 Å². The molecular weight excluding hydrogens is 290 g/mol. The van der Waals surface area contributed by atoms with Gasteiger partial charge in [-0.05, 0) is 30.5 Å². The molecule has 5 heteroatoms. The summed E-state index contributed by atoms with van der Waals surface area (Å²) in [7, 11) is 0. The van der Waals surface area contributed by atoms with Gasteiger partial charge < -0.3 is 10.4 Å². The molecule has 1 heterocycles. The van der Waals surface area contributed by atoms with Gasteiger partial charge in [0.05, 0.1) is 5.56 Å². The second kappa shape index (κ2) is 7.36. The zero-order valence-electron chi connectivity index (χ0n) is 11.3. The van der Waals surface area contributed by atoms with Crippen LogP contribution in [0.4, 0.5) is 0 Å². The summed E-state index contributed by atoms with van der Waals surface area (Å²) in [6.07, 6.45) is 0. The van der Waals surface area contributed by atoms with E-state index in [1.807, 2.05) is 13.0 Å². The van der Waals surface area contributed by atoms with Gasteiger partial charge >= 0.3 is 0 Å². The molecule has 0 radical (unpaired) electrons. The summed E-state index contributed by atoms with van der Waals surface area (Å²) in [6, 6.07) is 9.19. The van der Waals surface area contributed by atoms with Crippen LogP contribution in [-0.2, 0) is 5.75 Å². The van der Waals surface area contributed by atoms with E-state index in [2.05, 4.69) is 16.8 Å². The third-order valence-corrected chi connectivity index (χ3v) is 4.82. The quantitative estimate of drug-likeness (QED) is 0.804. The lowest BCUT2D eigenvalue weighted by atomic mass is 10.1. The zero-order chi connectivity index (χ0) is 14.4. The summed E-state index contributed by atoms with van der Waals surface area (Å²) in [6.45, 7) is 2.50. The van der Waals surface area contributed by atoms with Gasteiger partial charge in [0.1, 0.15) is 5.75 Å². The second-order valence-electron chi connectivity index (χ2n) is 4.41. The molecule has 0 atom stereocenters. The maximum atomic E-state index is 11.9. The highest BCUT2D eigenvalue weighted by Crippen LogP contribution is 2.18. The molecule has 0 unspecified atom stereocenters. The van der Waals surface area contributed by atoms with E-state index in [1.165, 1.54) is 4.88 Å². The highest BCUT2D eigenvalue weighted by atomic mass is 32.2. The van der Waals surface area contributed by atoms with Crippen molar-refractivity contribution in [2.75, 3.05) is 12.3 Å². The standard InChI is InChI=1S/C15H17NO2S2/c1-11-4-5-14(17)13(9-11)15(18)16-6-8-19-10-12-3-2-7-20-12/h2-5,7,9,17H,6,8,10H2,1H3,(H,16,18). The Morgan fingerprint density at radius 3 is 3.00 bits per heavy atom. The van der Waals surface area contributed by atoms with Crippen LogP contribution in [0.15, 0.2) is 35.7 Å². The number of carbonyl (C=O) groups excluding carboxylic acids is 1. The van der Waals surface area contributed by atoms with Gasteiger partial charge in [0.25, 0.3) is 5.91 Å². The summed E-state index contributed by atoms with van der Waals surface area (Å²) in [5.41, 5.74) is 1.30. The number of thioether (sulfide) groups is 1. The number of aryl methyl sites for hydroxylation is 1. The number of nitrogens with one attached hydrogen (secondary N) is 1. The number of phenolic OH excluding ortho intramolecular Hbond substituents is 1. The molecule has 1 aromatic carbocycles. The topological polar surface area (TPSA) is 49.3 Å². The van der Waals surface area contributed by atoms with Crippen molar-refractivity contribution < 1.29 is 9.90 Å². The van der Waals surface area contributed by atoms with Gasteiger partial charge in [-0.3, -0.25) is 4.79 Å². The number of phenols is 1. The van der Waals surface area contributed by atoms with Crippen molar-refractivity contribution in [1.82, 2.24) is 5.32 Å². The van der Waals surface area contributed by atoms with Crippen LogP contribution in [-0.4, -0.2) is 23.3 Å². The summed E-state index contributed by atoms with van der Waals surface area (Å²) in [4.78, 5) is 13.3. The lowest BCUT2D eigenvalue weighted by Gasteiger charge is -2.07. The van der Waals surface area contributed by atoms with Gasteiger partial charge in [-0.1, -0.05) is 17.7 Å². The molecule has 2 rings (SSSR count). The van der Waals surface area contributed by atoms with Crippen molar-refractivity contribution in [1.29, 1.82) is 0 Å². The maximum Gasteiger partial charge on any atom is 0.255 e. The largest absolute Gasteiger partial charge is 0.507 e. The SMILES string of the molecule is Cc1ccc(O)c(C(=O)NCCSCc2cccs2)c1. The lowest BCUT2D eigenvalue weighted by molar-refractivity contribution is 0.0953. The summed E-state index contributed by atoms with van der Waals surface area (Å²) < 4.78 is 0. The Labute approximate surface area is 127 Å². The first-order valence-corrected chi connectivity index (χ1v) is 8.38. The van der Waals surface area contributed by atoms with Crippen LogP contribution in [0.5, 0.6) is 5.75 Å². The van der Waals surface area contributed by atoms with E-state index >= 15 is 0 Å². The Morgan fingerprint density at radius 1 is 1.40 bits per heavy atom. The van der Waals surface area contributed by atoms with Gasteiger partial charge in [-0.2, -0.15) is 11.8 Å². The second-order valence-corrected chi connectivity index (χ2v) is 6.55. The number of aromatic hydroxyl groups is 1. The first-order chi connectivity index (χ1) is 9.66. The van der Waals surface area contributed by atoms with Gasteiger partial charge in [0.15, 0.2) is 0 Å². The molecule has 0 fully saturated rings. The molecule has 106 valence electrons. The molecule has 2 N–H and O–H groups in total. The predicted octanol–water partition coefficient (Wildman–Crippen LogP) is 3.43. The van der Waals surface area contributed by atoms with Crippen molar-refractivity contribution in [3.63, 3.8) is 0 Å². The Balaban J connectivity index is 1.73. The first-order valence-electron chi connectivity index (χ1n) is 6.35. The number of hydrogen-bond donors (Lipinski definition) is 2. The van der Waals surface area contributed by atoms with Crippen molar-refractivity contribution in [3.05, 3.63) is 51.7 Å². The van der Waals surface area contributed by atoms with Crippen LogP contribution in [0.25, 0.3) is 0 Å². The Bertz CT molecular complexity index is 567. The molecule has 0 aliphatic rings. The molecular formula is C15H17NO2S2. The molecule has 3 nitrogen and oxygen atoms in total. The molecule has 0 saturated carbocycles. The van der Waals surface area contributed by atoms with E-state index in [9.17, 15) is 9.90 Å². The fourth-order valence-electron chi connectivity index (χ4n) is 1.73. The van der Waals surface area contributed by atoms with E-state index in [1.54, 1.807) is 41.3 Å². The lowest BCUT2D eigenvalue weighted by Crippen LogP contribution is -2.25. The predicted molar refractivity (Wildman–Crippen MR) is 85.7 cm³/mol. The normalized spacial score (nSPS) is 10.4. The smallest absolute Gasteiger partial charge is 0.255 e. The minimum atomic E-state index is -0.220. The van der Waals surface area contributed by atoms with Gasteiger partial charge in [0.2, 0.25) is 0 Å². The zero-order valence-corrected chi connectivity index (χ0v) is 12.9.